The summed E-state index contributed by atoms with van der Waals surface area (Å²) in [6.45, 7) is 5.36. The highest BCUT2D eigenvalue weighted by atomic mass is 35.5. The van der Waals surface area contributed by atoms with Crippen LogP contribution in [0, 0.1) is 5.82 Å². The second kappa shape index (κ2) is 10.5. The predicted molar refractivity (Wildman–Crippen MR) is 139 cm³/mol. The largest absolute Gasteiger partial charge is 0.480 e. The highest BCUT2D eigenvalue weighted by Gasteiger charge is 2.44. The molecule has 1 unspecified atom stereocenters. The van der Waals surface area contributed by atoms with Crippen LogP contribution in [0.2, 0.25) is 5.02 Å². The minimum absolute atomic E-state index is 0.0453. The fourth-order valence-corrected chi connectivity index (χ4v) is 4.70. The Labute approximate surface area is 225 Å². The molecule has 2 aromatic carbocycles. The number of rotatable bonds is 6. The summed E-state index contributed by atoms with van der Waals surface area (Å²) in [4.78, 5) is 29.0. The SMILES string of the molecule is COC(=O)c1cnc(OC)c(F)c1-c1c(Cl)ccc2c1CC(CNC(=O)OC(C)(C)C)(c1ccccc1)O2. The van der Waals surface area contributed by atoms with Crippen molar-refractivity contribution in [1.82, 2.24) is 10.3 Å². The Morgan fingerprint density at radius 1 is 1.13 bits per heavy atom. The number of carbonyl (C=O) groups is 2. The van der Waals surface area contributed by atoms with E-state index < -0.39 is 29.1 Å². The van der Waals surface area contributed by atoms with Crippen molar-refractivity contribution in [2.45, 2.75) is 38.4 Å². The van der Waals surface area contributed by atoms with Gasteiger partial charge in [-0.3, -0.25) is 0 Å². The van der Waals surface area contributed by atoms with Crippen molar-refractivity contribution in [3.05, 3.63) is 76.2 Å². The predicted octanol–water partition coefficient (Wildman–Crippen LogP) is 5.69. The highest BCUT2D eigenvalue weighted by molar-refractivity contribution is 6.34. The Morgan fingerprint density at radius 3 is 2.47 bits per heavy atom. The van der Waals surface area contributed by atoms with Gasteiger partial charge in [0.15, 0.2) is 11.4 Å². The van der Waals surface area contributed by atoms with Crippen LogP contribution >= 0.6 is 11.6 Å². The van der Waals surface area contributed by atoms with E-state index in [9.17, 15) is 9.59 Å². The van der Waals surface area contributed by atoms with Crippen molar-refractivity contribution in [2.24, 2.45) is 0 Å². The van der Waals surface area contributed by atoms with E-state index in [1.807, 2.05) is 30.3 Å². The van der Waals surface area contributed by atoms with E-state index in [1.54, 1.807) is 32.9 Å². The van der Waals surface area contributed by atoms with Crippen LogP contribution in [-0.2, 0) is 21.5 Å². The molecule has 0 aliphatic carbocycles. The first-order valence-corrected chi connectivity index (χ1v) is 12.2. The number of pyridine rings is 1. The van der Waals surface area contributed by atoms with Crippen molar-refractivity contribution in [2.75, 3.05) is 20.8 Å². The molecule has 8 nitrogen and oxygen atoms in total. The third-order valence-corrected chi connectivity index (χ3v) is 6.35. The first-order chi connectivity index (χ1) is 18.0. The third-order valence-electron chi connectivity index (χ3n) is 6.04. The van der Waals surface area contributed by atoms with Gasteiger partial charge in [0.1, 0.15) is 11.4 Å². The van der Waals surface area contributed by atoms with Gasteiger partial charge in [-0.15, -0.1) is 0 Å². The number of fused-ring (bicyclic) bond motifs is 1. The summed E-state index contributed by atoms with van der Waals surface area (Å²) >= 11 is 6.64. The summed E-state index contributed by atoms with van der Waals surface area (Å²) in [7, 11) is 2.47. The number of benzene rings is 2. The fourth-order valence-electron chi connectivity index (χ4n) is 4.43. The van der Waals surface area contributed by atoms with Crippen LogP contribution in [-0.4, -0.2) is 43.4 Å². The summed E-state index contributed by atoms with van der Waals surface area (Å²) in [5.41, 5.74) is -0.424. The van der Waals surface area contributed by atoms with Crippen LogP contribution in [0.4, 0.5) is 9.18 Å². The van der Waals surface area contributed by atoms with Crippen molar-refractivity contribution >= 4 is 23.7 Å². The molecular weight excluding hydrogens is 515 g/mol. The molecule has 2 heterocycles. The monoisotopic (exact) mass is 542 g/mol. The fraction of sp³-hybridized carbons (Fsp3) is 0.321. The van der Waals surface area contributed by atoms with Crippen molar-refractivity contribution in [3.8, 4) is 22.8 Å². The van der Waals surface area contributed by atoms with Gasteiger partial charge in [-0.2, -0.15) is 0 Å². The van der Waals surface area contributed by atoms with Crippen LogP contribution in [0.1, 0.15) is 42.3 Å². The minimum Gasteiger partial charge on any atom is -0.480 e. The Kier molecular flexibility index (Phi) is 7.51. The average molecular weight is 543 g/mol. The summed E-state index contributed by atoms with van der Waals surface area (Å²) < 4.78 is 37.6. The van der Waals surface area contributed by atoms with Gasteiger partial charge in [-0.1, -0.05) is 41.9 Å². The van der Waals surface area contributed by atoms with Gasteiger partial charge in [0.05, 0.1) is 26.3 Å². The molecule has 10 heteroatoms. The zero-order valence-electron chi connectivity index (χ0n) is 21.7. The first-order valence-electron chi connectivity index (χ1n) is 11.8. The molecular formula is C28H28ClFN2O6. The summed E-state index contributed by atoms with van der Waals surface area (Å²) in [5, 5.41) is 2.99. The van der Waals surface area contributed by atoms with E-state index in [2.05, 4.69) is 10.3 Å². The molecule has 200 valence electrons. The second-order valence-electron chi connectivity index (χ2n) is 9.76. The highest BCUT2D eigenvalue weighted by Crippen LogP contribution is 2.49. The lowest BCUT2D eigenvalue weighted by atomic mass is 9.85. The van der Waals surface area contributed by atoms with E-state index in [-0.39, 0.29) is 40.6 Å². The van der Waals surface area contributed by atoms with Gasteiger partial charge in [0, 0.05) is 34.3 Å². The molecule has 38 heavy (non-hydrogen) atoms. The van der Waals surface area contributed by atoms with E-state index in [0.717, 1.165) is 5.56 Å². The van der Waals surface area contributed by atoms with Crippen LogP contribution in [0.5, 0.6) is 11.6 Å². The lowest BCUT2D eigenvalue weighted by Gasteiger charge is -2.30. The Morgan fingerprint density at radius 2 is 1.84 bits per heavy atom. The van der Waals surface area contributed by atoms with E-state index in [0.29, 0.717) is 11.3 Å². The van der Waals surface area contributed by atoms with Crippen LogP contribution < -0.4 is 14.8 Å². The normalized spacial score (nSPS) is 16.3. The van der Waals surface area contributed by atoms with Crippen LogP contribution in [0.15, 0.2) is 48.7 Å². The van der Waals surface area contributed by atoms with Gasteiger partial charge in [-0.25, -0.2) is 19.0 Å². The molecule has 0 saturated heterocycles. The maximum Gasteiger partial charge on any atom is 0.407 e. The maximum atomic E-state index is 15.7. The summed E-state index contributed by atoms with van der Waals surface area (Å²) in [6.07, 6.45) is 0.773. The molecule has 4 rings (SSSR count). The number of ether oxygens (including phenoxy) is 4. The van der Waals surface area contributed by atoms with Gasteiger partial charge >= 0.3 is 12.1 Å². The molecule has 0 spiro atoms. The van der Waals surface area contributed by atoms with Gasteiger partial charge in [0.25, 0.3) is 5.88 Å². The zero-order chi connectivity index (χ0) is 27.7. The van der Waals surface area contributed by atoms with E-state index in [1.165, 1.54) is 20.4 Å². The number of nitrogens with zero attached hydrogens (tertiary/aromatic N) is 1. The number of hydrogen-bond donors (Lipinski definition) is 1. The Bertz CT molecular complexity index is 1380. The quantitative estimate of drug-likeness (QED) is 0.400. The molecule has 0 saturated carbocycles. The molecule has 1 aliphatic rings. The zero-order valence-corrected chi connectivity index (χ0v) is 22.4. The molecule has 1 aliphatic heterocycles. The maximum absolute atomic E-state index is 15.7. The number of amides is 1. The van der Waals surface area contributed by atoms with Gasteiger partial charge < -0.3 is 24.3 Å². The van der Waals surface area contributed by atoms with Crippen molar-refractivity contribution in [1.29, 1.82) is 0 Å². The molecule has 1 amide bonds. The number of nitrogens with one attached hydrogen (secondary N) is 1. The minimum atomic E-state index is -1.07. The second-order valence-corrected chi connectivity index (χ2v) is 10.2. The Balaban J connectivity index is 1.85. The molecule has 0 fully saturated rings. The number of hydrogen-bond acceptors (Lipinski definition) is 7. The number of esters is 1. The molecule has 1 aromatic heterocycles. The molecule has 0 radical (unpaired) electrons. The number of carbonyl (C=O) groups excluding carboxylic acids is 2. The number of methoxy groups -OCH3 is 2. The lowest BCUT2D eigenvalue weighted by molar-refractivity contribution is 0.0414. The van der Waals surface area contributed by atoms with E-state index >= 15 is 4.39 Å². The van der Waals surface area contributed by atoms with Crippen molar-refractivity contribution in [3.63, 3.8) is 0 Å². The molecule has 3 aromatic rings. The standard InChI is InChI=1S/C28H28ClFN2O6/c1-27(2,3)38-26(34)32-15-28(16-9-7-6-8-10-16)13-17-20(37-28)12-11-19(29)21(17)22-18(25(33)36-5)14-31-24(35-4)23(22)30/h6-12,14H,13,15H2,1-5H3,(H,32,34). The number of aromatic nitrogens is 1. The van der Waals surface area contributed by atoms with Gasteiger partial charge in [0.2, 0.25) is 0 Å². The Hall–Kier alpha value is -3.85. The summed E-state index contributed by atoms with van der Waals surface area (Å²) in [6, 6.07) is 12.6. The molecule has 0 bridgehead atoms. The number of halogens is 2. The van der Waals surface area contributed by atoms with Crippen LogP contribution in [0.3, 0.4) is 0 Å². The third kappa shape index (κ3) is 5.24. The molecule has 1 N–H and O–H groups in total. The average Bonchev–Trinajstić information content (AvgIpc) is 3.27. The van der Waals surface area contributed by atoms with Crippen LogP contribution in [0.25, 0.3) is 11.1 Å². The van der Waals surface area contributed by atoms with Gasteiger partial charge in [-0.05, 0) is 38.5 Å². The smallest absolute Gasteiger partial charge is 0.407 e. The van der Waals surface area contributed by atoms with E-state index in [4.69, 9.17) is 30.5 Å². The molecule has 1 atom stereocenters. The topological polar surface area (TPSA) is 96.0 Å². The first kappa shape index (κ1) is 27.2. The lowest BCUT2D eigenvalue weighted by Crippen LogP contribution is -2.45. The van der Waals surface area contributed by atoms with Crippen molar-refractivity contribution < 1.29 is 32.9 Å². The summed E-state index contributed by atoms with van der Waals surface area (Å²) in [5.74, 6) is -1.54. The number of alkyl carbamates (subject to hydrolysis) is 1.